The first kappa shape index (κ1) is 17.3. The van der Waals surface area contributed by atoms with E-state index < -0.39 is 6.04 Å². The maximum Gasteiger partial charge on any atom is 0.317 e. The fourth-order valence-corrected chi connectivity index (χ4v) is 2.88. The molecule has 1 aromatic carbocycles. The molecule has 1 aliphatic heterocycles. The minimum absolute atomic E-state index is 0.0170. The second-order valence-electron chi connectivity index (χ2n) is 6.80. The predicted molar refractivity (Wildman–Crippen MR) is 91.0 cm³/mol. The molecule has 1 atom stereocenters. The first-order valence-corrected chi connectivity index (χ1v) is 8.22. The highest BCUT2D eigenvalue weighted by molar-refractivity contribution is 5.87. The summed E-state index contributed by atoms with van der Waals surface area (Å²) in [5, 5.41) is 2.86. The van der Waals surface area contributed by atoms with Gasteiger partial charge in [-0.3, -0.25) is 4.79 Å². The van der Waals surface area contributed by atoms with Crippen LogP contribution in [0, 0.1) is 5.92 Å². The van der Waals surface area contributed by atoms with Crippen molar-refractivity contribution >= 4 is 11.9 Å². The number of nitrogens with one attached hydrogen (secondary N) is 1. The van der Waals surface area contributed by atoms with Crippen LogP contribution in [0.5, 0.6) is 0 Å². The Morgan fingerprint density at radius 2 is 1.87 bits per heavy atom. The molecule has 23 heavy (non-hydrogen) atoms. The topological polar surface area (TPSA) is 52.7 Å². The van der Waals surface area contributed by atoms with Gasteiger partial charge in [-0.2, -0.15) is 0 Å². The Hall–Kier alpha value is -2.04. The van der Waals surface area contributed by atoms with Crippen LogP contribution in [-0.2, 0) is 17.8 Å². The number of benzene rings is 1. The molecule has 1 aromatic rings. The lowest BCUT2D eigenvalue weighted by atomic mass is 9.97. The SMILES string of the molecule is CC(C)C[C@H](NC(=O)N(C)C)C(=O)N1CCc2ccccc2C1. The van der Waals surface area contributed by atoms with Crippen molar-refractivity contribution in [2.75, 3.05) is 20.6 Å². The van der Waals surface area contributed by atoms with Crippen LogP contribution in [0.1, 0.15) is 31.4 Å². The van der Waals surface area contributed by atoms with Gasteiger partial charge in [0.1, 0.15) is 6.04 Å². The molecule has 1 N–H and O–H groups in total. The van der Waals surface area contributed by atoms with Crippen molar-refractivity contribution in [3.63, 3.8) is 0 Å². The minimum Gasteiger partial charge on any atom is -0.336 e. The van der Waals surface area contributed by atoms with E-state index in [0.29, 0.717) is 25.4 Å². The first-order valence-electron chi connectivity index (χ1n) is 8.22. The van der Waals surface area contributed by atoms with Gasteiger partial charge in [0.25, 0.3) is 0 Å². The molecular weight excluding hydrogens is 290 g/mol. The van der Waals surface area contributed by atoms with Crippen molar-refractivity contribution in [3.05, 3.63) is 35.4 Å². The number of carbonyl (C=O) groups excluding carboxylic acids is 2. The van der Waals surface area contributed by atoms with E-state index in [4.69, 9.17) is 0 Å². The lowest BCUT2D eigenvalue weighted by molar-refractivity contribution is -0.134. The van der Waals surface area contributed by atoms with Gasteiger partial charge in [-0.15, -0.1) is 0 Å². The van der Waals surface area contributed by atoms with Crippen LogP contribution in [0.4, 0.5) is 4.79 Å². The van der Waals surface area contributed by atoms with Crippen LogP contribution in [-0.4, -0.2) is 48.4 Å². The zero-order chi connectivity index (χ0) is 17.0. The molecule has 0 fully saturated rings. The van der Waals surface area contributed by atoms with Gasteiger partial charge in [-0.1, -0.05) is 38.1 Å². The third-order valence-corrected chi connectivity index (χ3v) is 4.15. The molecule has 0 aliphatic carbocycles. The fraction of sp³-hybridized carbons (Fsp3) is 0.556. The molecule has 126 valence electrons. The van der Waals surface area contributed by atoms with Crippen LogP contribution in [0.25, 0.3) is 0 Å². The van der Waals surface area contributed by atoms with Crippen molar-refractivity contribution in [1.29, 1.82) is 0 Å². The number of hydrogen-bond donors (Lipinski definition) is 1. The second kappa shape index (κ2) is 7.49. The smallest absolute Gasteiger partial charge is 0.317 e. The molecule has 0 radical (unpaired) electrons. The molecule has 5 nitrogen and oxygen atoms in total. The number of rotatable bonds is 4. The number of nitrogens with zero attached hydrogens (tertiary/aromatic N) is 2. The van der Waals surface area contributed by atoms with E-state index in [0.717, 1.165) is 6.42 Å². The van der Waals surface area contributed by atoms with Crippen molar-refractivity contribution < 1.29 is 9.59 Å². The van der Waals surface area contributed by atoms with E-state index in [1.807, 2.05) is 17.0 Å². The van der Waals surface area contributed by atoms with Crippen LogP contribution >= 0.6 is 0 Å². The average molecular weight is 317 g/mol. The Balaban J connectivity index is 2.09. The molecule has 5 heteroatoms. The molecule has 2 rings (SSSR count). The second-order valence-corrected chi connectivity index (χ2v) is 6.80. The number of amides is 3. The Labute approximate surface area is 138 Å². The largest absolute Gasteiger partial charge is 0.336 e. The number of carbonyl (C=O) groups is 2. The molecule has 0 saturated carbocycles. The lowest BCUT2D eigenvalue weighted by Gasteiger charge is -2.33. The molecule has 1 heterocycles. The van der Waals surface area contributed by atoms with Crippen LogP contribution in [0.2, 0.25) is 0 Å². The standard InChI is InChI=1S/C18H27N3O2/c1-13(2)11-16(19-18(23)20(3)4)17(22)21-10-9-14-7-5-6-8-15(14)12-21/h5-8,13,16H,9-12H2,1-4H3,(H,19,23)/t16-/m0/s1. The van der Waals surface area contributed by atoms with Crippen molar-refractivity contribution in [2.45, 2.75) is 39.3 Å². The third kappa shape index (κ3) is 4.47. The summed E-state index contributed by atoms with van der Waals surface area (Å²) in [5.74, 6) is 0.354. The summed E-state index contributed by atoms with van der Waals surface area (Å²) >= 11 is 0. The Kier molecular flexibility index (Phi) is 5.64. The normalized spacial score (nSPS) is 15.1. The van der Waals surface area contributed by atoms with Gasteiger partial charge in [0.05, 0.1) is 0 Å². The highest BCUT2D eigenvalue weighted by Gasteiger charge is 2.29. The summed E-state index contributed by atoms with van der Waals surface area (Å²) < 4.78 is 0. The molecule has 0 saturated heterocycles. The number of hydrogen-bond acceptors (Lipinski definition) is 2. The van der Waals surface area contributed by atoms with Crippen molar-refractivity contribution in [2.24, 2.45) is 5.92 Å². The highest BCUT2D eigenvalue weighted by Crippen LogP contribution is 2.20. The monoisotopic (exact) mass is 317 g/mol. The van der Waals surface area contributed by atoms with E-state index in [9.17, 15) is 9.59 Å². The molecule has 3 amide bonds. The van der Waals surface area contributed by atoms with Gasteiger partial charge in [0.2, 0.25) is 5.91 Å². The van der Waals surface area contributed by atoms with E-state index in [1.165, 1.54) is 16.0 Å². The first-order chi connectivity index (χ1) is 10.9. The van der Waals surface area contributed by atoms with Crippen molar-refractivity contribution in [1.82, 2.24) is 15.1 Å². The van der Waals surface area contributed by atoms with Gasteiger partial charge in [0, 0.05) is 27.2 Å². The summed E-state index contributed by atoms with van der Waals surface area (Å²) in [6.45, 7) is 5.46. The molecular formula is C18H27N3O2. The maximum absolute atomic E-state index is 12.9. The van der Waals surface area contributed by atoms with Crippen LogP contribution < -0.4 is 5.32 Å². The lowest BCUT2D eigenvalue weighted by Crippen LogP contribution is -2.52. The van der Waals surface area contributed by atoms with Gasteiger partial charge in [-0.25, -0.2) is 4.79 Å². The Morgan fingerprint density at radius 3 is 2.48 bits per heavy atom. The zero-order valence-corrected chi connectivity index (χ0v) is 14.5. The van der Waals surface area contributed by atoms with E-state index >= 15 is 0 Å². The van der Waals surface area contributed by atoms with Crippen LogP contribution in [0.15, 0.2) is 24.3 Å². The van der Waals surface area contributed by atoms with E-state index in [1.54, 1.807) is 14.1 Å². The summed E-state index contributed by atoms with van der Waals surface area (Å²) in [6, 6.07) is 7.55. The summed E-state index contributed by atoms with van der Waals surface area (Å²) in [4.78, 5) is 28.2. The number of urea groups is 1. The molecule has 0 aromatic heterocycles. The van der Waals surface area contributed by atoms with Gasteiger partial charge < -0.3 is 15.1 Å². The summed E-state index contributed by atoms with van der Waals surface area (Å²) in [5.41, 5.74) is 2.52. The molecule has 0 unspecified atom stereocenters. The average Bonchev–Trinajstić information content (AvgIpc) is 2.52. The third-order valence-electron chi connectivity index (χ3n) is 4.15. The van der Waals surface area contributed by atoms with Gasteiger partial charge >= 0.3 is 6.03 Å². The number of fused-ring (bicyclic) bond motifs is 1. The quantitative estimate of drug-likeness (QED) is 0.926. The van der Waals surface area contributed by atoms with Gasteiger partial charge in [0.15, 0.2) is 0 Å². The Bertz CT molecular complexity index is 569. The summed E-state index contributed by atoms with van der Waals surface area (Å²) in [7, 11) is 3.37. The van der Waals surface area contributed by atoms with Crippen LogP contribution in [0.3, 0.4) is 0 Å². The predicted octanol–water partition coefficient (Wildman–Crippen LogP) is 2.26. The highest BCUT2D eigenvalue weighted by atomic mass is 16.2. The summed E-state index contributed by atoms with van der Waals surface area (Å²) in [6.07, 6.45) is 1.52. The van der Waals surface area contributed by atoms with Gasteiger partial charge in [-0.05, 0) is 29.9 Å². The fourth-order valence-electron chi connectivity index (χ4n) is 2.88. The maximum atomic E-state index is 12.9. The minimum atomic E-state index is -0.463. The molecule has 0 spiro atoms. The molecule has 1 aliphatic rings. The molecule has 0 bridgehead atoms. The van der Waals surface area contributed by atoms with E-state index in [2.05, 4.69) is 31.3 Å². The van der Waals surface area contributed by atoms with Crippen molar-refractivity contribution in [3.8, 4) is 0 Å². The van der Waals surface area contributed by atoms with E-state index in [-0.39, 0.29) is 11.9 Å². The zero-order valence-electron chi connectivity index (χ0n) is 14.5. The Morgan fingerprint density at radius 1 is 1.22 bits per heavy atom.